The Labute approximate surface area is 134 Å². The SMILES string of the molecule is CCc1ncc(CNC2(c3ccc(F)cc3)CCOCC2)s1. The molecule has 2 aromatic rings. The van der Waals surface area contributed by atoms with E-state index in [4.69, 9.17) is 4.74 Å². The molecule has 118 valence electrons. The van der Waals surface area contributed by atoms with E-state index < -0.39 is 0 Å². The zero-order valence-corrected chi connectivity index (χ0v) is 13.6. The quantitative estimate of drug-likeness (QED) is 0.913. The summed E-state index contributed by atoms with van der Waals surface area (Å²) in [5.74, 6) is -0.194. The summed E-state index contributed by atoms with van der Waals surface area (Å²) in [5.41, 5.74) is 1.000. The molecule has 0 radical (unpaired) electrons. The lowest BCUT2D eigenvalue weighted by Crippen LogP contribution is -2.46. The average molecular weight is 320 g/mol. The highest BCUT2D eigenvalue weighted by molar-refractivity contribution is 7.11. The molecule has 3 rings (SSSR count). The second-order valence-electron chi connectivity index (χ2n) is 5.63. The lowest BCUT2D eigenvalue weighted by atomic mass is 9.82. The number of hydrogen-bond acceptors (Lipinski definition) is 4. The summed E-state index contributed by atoms with van der Waals surface area (Å²) in [7, 11) is 0. The standard InChI is InChI=1S/C17H21FN2OS/c1-2-16-19-11-15(22-16)12-20-17(7-9-21-10-8-17)13-3-5-14(18)6-4-13/h3-6,11,20H,2,7-10,12H2,1H3. The van der Waals surface area contributed by atoms with E-state index in [1.807, 2.05) is 18.3 Å². The fourth-order valence-electron chi connectivity index (χ4n) is 2.91. The molecule has 0 amide bonds. The van der Waals surface area contributed by atoms with Crippen LogP contribution >= 0.6 is 11.3 Å². The van der Waals surface area contributed by atoms with E-state index in [1.165, 1.54) is 22.0 Å². The van der Waals surface area contributed by atoms with Crippen molar-refractivity contribution in [3.05, 3.63) is 51.7 Å². The van der Waals surface area contributed by atoms with Crippen molar-refractivity contribution in [2.75, 3.05) is 13.2 Å². The molecule has 0 bridgehead atoms. The smallest absolute Gasteiger partial charge is 0.123 e. The van der Waals surface area contributed by atoms with Gasteiger partial charge in [0.2, 0.25) is 0 Å². The molecule has 1 fully saturated rings. The Morgan fingerprint density at radius 2 is 2.00 bits per heavy atom. The zero-order valence-electron chi connectivity index (χ0n) is 12.8. The van der Waals surface area contributed by atoms with Gasteiger partial charge in [-0.2, -0.15) is 0 Å². The molecule has 1 aliphatic heterocycles. The van der Waals surface area contributed by atoms with Gasteiger partial charge in [0.15, 0.2) is 0 Å². The first-order chi connectivity index (χ1) is 10.7. The second-order valence-corrected chi connectivity index (χ2v) is 6.83. The van der Waals surface area contributed by atoms with Crippen LogP contribution in [0, 0.1) is 5.82 Å². The van der Waals surface area contributed by atoms with E-state index in [0.29, 0.717) is 0 Å². The second kappa shape index (κ2) is 6.86. The normalized spacial score (nSPS) is 17.5. The Morgan fingerprint density at radius 3 is 2.64 bits per heavy atom. The van der Waals surface area contributed by atoms with Crippen LogP contribution in [0.4, 0.5) is 4.39 Å². The topological polar surface area (TPSA) is 34.2 Å². The molecule has 1 N–H and O–H groups in total. The fraction of sp³-hybridized carbons (Fsp3) is 0.471. The van der Waals surface area contributed by atoms with Crippen molar-refractivity contribution < 1.29 is 9.13 Å². The van der Waals surface area contributed by atoms with Crippen LogP contribution in [0.15, 0.2) is 30.5 Å². The van der Waals surface area contributed by atoms with Gasteiger partial charge in [-0.05, 0) is 37.0 Å². The number of hydrogen-bond donors (Lipinski definition) is 1. The van der Waals surface area contributed by atoms with Crippen LogP contribution in [0.3, 0.4) is 0 Å². The molecular weight excluding hydrogens is 299 g/mol. The van der Waals surface area contributed by atoms with Gasteiger partial charge < -0.3 is 10.1 Å². The van der Waals surface area contributed by atoms with Crippen LogP contribution < -0.4 is 5.32 Å². The minimum Gasteiger partial charge on any atom is -0.381 e. The van der Waals surface area contributed by atoms with Gasteiger partial charge >= 0.3 is 0 Å². The maximum atomic E-state index is 13.2. The molecule has 22 heavy (non-hydrogen) atoms. The maximum Gasteiger partial charge on any atom is 0.123 e. The van der Waals surface area contributed by atoms with E-state index in [1.54, 1.807) is 11.3 Å². The monoisotopic (exact) mass is 320 g/mol. The summed E-state index contributed by atoms with van der Waals surface area (Å²) in [6.07, 6.45) is 4.73. The molecule has 3 nitrogen and oxygen atoms in total. The number of thiazole rings is 1. The highest BCUT2D eigenvalue weighted by Crippen LogP contribution is 2.33. The van der Waals surface area contributed by atoms with Crippen LogP contribution in [0.5, 0.6) is 0 Å². The number of nitrogens with zero attached hydrogens (tertiary/aromatic N) is 1. The van der Waals surface area contributed by atoms with Gasteiger partial charge in [-0.3, -0.25) is 0 Å². The number of ether oxygens (including phenoxy) is 1. The molecule has 0 spiro atoms. The van der Waals surface area contributed by atoms with Gasteiger partial charge in [-0.1, -0.05) is 19.1 Å². The zero-order chi connectivity index (χ0) is 15.4. The van der Waals surface area contributed by atoms with E-state index >= 15 is 0 Å². The molecule has 1 saturated heterocycles. The summed E-state index contributed by atoms with van der Waals surface area (Å²) in [6.45, 7) is 4.37. The van der Waals surface area contributed by atoms with E-state index in [0.717, 1.165) is 44.6 Å². The third-order valence-electron chi connectivity index (χ3n) is 4.25. The largest absolute Gasteiger partial charge is 0.381 e. The Balaban J connectivity index is 1.78. The molecule has 1 aliphatic rings. The number of rotatable bonds is 5. The van der Waals surface area contributed by atoms with Gasteiger partial charge in [0.1, 0.15) is 5.82 Å². The van der Waals surface area contributed by atoms with Crippen molar-refractivity contribution in [1.29, 1.82) is 0 Å². The van der Waals surface area contributed by atoms with E-state index in [9.17, 15) is 4.39 Å². The molecule has 1 aromatic carbocycles. The van der Waals surface area contributed by atoms with Crippen molar-refractivity contribution >= 4 is 11.3 Å². The van der Waals surface area contributed by atoms with Gasteiger partial charge in [-0.15, -0.1) is 11.3 Å². The Morgan fingerprint density at radius 1 is 1.27 bits per heavy atom. The van der Waals surface area contributed by atoms with Crippen molar-refractivity contribution in [2.24, 2.45) is 0 Å². The molecular formula is C17H21FN2OS. The highest BCUT2D eigenvalue weighted by Gasteiger charge is 2.34. The number of aromatic nitrogens is 1. The molecule has 0 unspecified atom stereocenters. The molecule has 2 heterocycles. The third kappa shape index (κ3) is 3.37. The molecule has 5 heteroatoms. The van der Waals surface area contributed by atoms with Gasteiger partial charge in [0, 0.05) is 36.4 Å². The maximum absolute atomic E-state index is 13.2. The van der Waals surface area contributed by atoms with Crippen molar-refractivity contribution in [3.63, 3.8) is 0 Å². The van der Waals surface area contributed by atoms with Gasteiger partial charge in [0.05, 0.1) is 5.01 Å². The first kappa shape index (κ1) is 15.6. The number of benzene rings is 1. The highest BCUT2D eigenvalue weighted by atomic mass is 32.1. The summed E-state index contributed by atoms with van der Waals surface area (Å²) in [5, 5.41) is 4.86. The minimum atomic E-state index is -0.194. The minimum absolute atomic E-state index is 0.137. The summed E-state index contributed by atoms with van der Waals surface area (Å²) in [6, 6.07) is 6.85. The predicted molar refractivity (Wildman–Crippen MR) is 86.5 cm³/mol. The molecule has 1 aromatic heterocycles. The Hall–Kier alpha value is -1.30. The number of aryl methyl sites for hydroxylation is 1. The van der Waals surface area contributed by atoms with Crippen molar-refractivity contribution in [3.8, 4) is 0 Å². The van der Waals surface area contributed by atoms with Crippen LogP contribution in [-0.4, -0.2) is 18.2 Å². The van der Waals surface area contributed by atoms with Crippen LogP contribution in [0.1, 0.15) is 35.2 Å². The summed E-state index contributed by atoms with van der Waals surface area (Å²) < 4.78 is 18.7. The number of halogens is 1. The van der Waals surface area contributed by atoms with Crippen LogP contribution in [0.2, 0.25) is 0 Å². The lowest BCUT2D eigenvalue weighted by molar-refractivity contribution is 0.0359. The predicted octanol–water partition coefficient (Wildman–Crippen LogP) is 3.64. The first-order valence-electron chi connectivity index (χ1n) is 7.74. The van der Waals surface area contributed by atoms with Crippen molar-refractivity contribution in [2.45, 2.75) is 38.3 Å². The summed E-state index contributed by atoms with van der Waals surface area (Å²) in [4.78, 5) is 5.65. The third-order valence-corrected chi connectivity index (χ3v) is 5.39. The molecule has 0 aliphatic carbocycles. The lowest BCUT2D eigenvalue weighted by Gasteiger charge is -2.38. The number of nitrogens with one attached hydrogen (secondary N) is 1. The van der Waals surface area contributed by atoms with Crippen molar-refractivity contribution in [1.82, 2.24) is 10.3 Å². The molecule has 0 atom stereocenters. The molecule has 0 saturated carbocycles. The Bertz CT molecular complexity index is 605. The van der Waals surface area contributed by atoms with Crippen LogP contribution in [-0.2, 0) is 23.2 Å². The Kier molecular flexibility index (Phi) is 4.86. The van der Waals surface area contributed by atoms with Crippen LogP contribution in [0.25, 0.3) is 0 Å². The first-order valence-corrected chi connectivity index (χ1v) is 8.56. The van der Waals surface area contributed by atoms with Gasteiger partial charge in [0.25, 0.3) is 0 Å². The van der Waals surface area contributed by atoms with E-state index in [2.05, 4.69) is 17.2 Å². The average Bonchev–Trinajstić information content (AvgIpc) is 3.03. The van der Waals surface area contributed by atoms with Gasteiger partial charge in [-0.25, -0.2) is 9.37 Å². The summed E-state index contributed by atoms with van der Waals surface area (Å²) >= 11 is 1.75. The fourth-order valence-corrected chi connectivity index (χ4v) is 3.71. The van der Waals surface area contributed by atoms with E-state index in [-0.39, 0.29) is 11.4 Å².